The molecule has 1 aliphatic carbocycles. The number of aromatic amines is 1. The zero-order chi connectivity index (χ0) is 36.8. The van der Waals surface area contributed by atoms with Gasteiger partial charge in [0.05, 0.1) is 34.0 Å². The molecule has 1 aromatic heterocycles. The lowest BCUT2D eigenvalue weighted by Gasteiger charge is -2.40. The minimum absolute atomic E-state index is 0.0140. The van der Waals surface area contributed by atoms with E-state index in [0.29, 0.717) is 23.7 Å². The van der Waals surface area contributed by atoms with E-state index in [0.717, 1.165) is 42.4 Å². The van der Waals surface area contributed by atoms with Gasteiger partial charge >= 0.3 is 5.69 Å². The van der Waals surface area contributed by atoms with Gasteiger partial charge < -0.3 is 32.7 Å². The molecule has 11 nitrogen and oxygen atoms in total. The van der Waals surface area contributed by atoms with E-state index >= 15 is 0 Å². The third kappa shape index (κ3) is 6.63. The highest BCUT2D eigenvalue weighted by molar-refractivity contribution is 8.68. The lowest BCUT2D eigenvalue weighted by molar-refractivity contribution is -0.203. The van der Waals surface area contributed by atoms with Crippen molar-refractivity contribution in [2.45, 2.75) is 73.4 Å². The van der Waals surface area contributed by atoms with Crippen LogP contribution in [0.4, 0.5) is 0 Å². The van der Waals surface area contributed by atoms with Gasteiger partial charge in [0.1, 0.15) is 34.9 Å². The van der Waals surface area contributed by atoms with Gasteiger partial charge in [-0.1, -0.05) is 85.2 Å². The quantitative estimate of drug-likeness (QED) is 0.131. The summed E-state index contributed by atoms with van der Waals surface area (Å²) in [6.07, 6.45) is 4.64. The maximum atomic E-state index is 13.3. The molecule has 280 valence electrons. The molecule has 5 atom stereocenters. The third-order valence-corrected chi connectivity index (χ3v) is 16.6. The van der Waals surface area contributed by atoms with E-state index in [-0.39, 0.29) is 18.0 Å². The van der Waals surface area contributed by atoms with Crippen LogP contribution in [0, 0.1) is 6.92 Å². The minimum atomic E-state index is -2.87. The Labute approximate surface area is 317 Å². The normalized spacial score (nSPS) is 27.6. The van der Waals surface area contributed by atoms with Crippen LogP contribution in [-0.4, -0.2) is 66.1 Å². The summed E-state index contributed by atoms with van der Waals surface area (Å²) >= 11 is 7.90. The Morgan fingerprint density at radius 3 is 2.15 bits per heavy atom. The Bertz CT molecular complexity index is 2060. The number of hydrogen-bond donors (Lipinski definition) is 1. The topological polar surface area (TPSA) is 119 Å². The van der Waals surface area contributed by atoms with Gasteiger partial charge in [0, 0.05) is 16.5 Å². The molecule has 4 heterocycles. The first kappa shape index (κ1) is 36.7. The maximum absolute atomic E-state index is 13.3. The monoisotopic (exact) mass is 778 g/mol. The molecular formula is C39H43N2O9PS2. The van der Waals surface area contributed by atoms with Crippen molar-refractivity contribution in [2.75, 3.05) is 34.0 Å². The summed E-state index contributed by atoms with van der Waals surface area (Å²) in [4.78, 5) is 28.1. The average Bonchev–Trinajstić information content (AvgIpc) is 3.80. The summed E-state index contributed by atoms with van der Waals surface area (Å²) in [5, 5.41) is 0. The van der Waals surface area contributed by atoms with E-state index < -0.39 is 46.6 Å². The molecule has 1 spiro atoms. The second-order valence-electron chi connectivity index (χ2n) is 14.2. The SMILES string of the molecule is COc1ccc(C(OC[C@@]23CO[C@@H]([C@H](n4cc(C)c(=O)[nH]c4=O)O2)[C@@H]3OP2(=S)OCC3(CCCCC3)S2)(c2ccccc2)c2ccc(OC)cc2)cc1. The first-order valence-electron chi connectivity index (χ1n) is 17.9. The molecule has 3 aromatic carbocycles. The van der Waals surface area contributed by atoms with Crippen LogP contribution in [0.25, 0.3) is 0 Å². The number of H-pyrrole nitrogens is 1. The Morgan fingerprint density at radius 1 is 0.906 bits per heavy atom. The van der Waals surface area contributed by atoms with Gasteiger partial charge in [-0.15, -0.1) is 0 Å². The Balaban J connectivity index is 1.22. The minimum Gasteiger partial charge on any atom is -0.497 e. The smallest absolute Gasteiger partial charge is 0.330 e. The van der Waals surface area contributed by atoms with Gasteiger partial charge in [-0.05, 0) is 72.5 Å². The third-order valence-electron chi connectivity index (χ3n) is 10.9. The van der Waals surface area contributed by atoms with Crippen LogP contribution < -0.4 is 20.7 Å². The Hall–Kier alpha value is -3.26. The van der Waals surface area contributed by atoms with Gasteiger partial charge in [-0.3, -0.25) is 14.3 Å². The number of rotatable bonds is 11. The van der Waals surface area contributed by atoms with Gasteiger partial charge in [0.25, 0.3) is 5.56 Å². The van der Waals surface area contributed by atoms with Crippen LogP contribution in [0.2, 0.25) is 0 Å². The summed E-state index contributed by atoms with van der Waals surface area (Å²) in [5.41, 5.74) is -3.37. The fraction of sp³-hybridized carbons (Fsp3) is 0.436. The van der Waals surface area contributed by atoms with E-state index in [2.05, 4.69) is 4.98 Å². The number of methoxy groups -OCH3 is 2. The number of nitrogens with zero attached hydrogens (tertiary/aromatic N) is 1. The molecule has 4 aliphatic rings. The largest absolute Gasteiger partial charge is 0.497 e. The predicted molar refractivity (Wildman–Crippen MR) is 205 cm³/mol. The van der Waals surface area contributed by atoms with Crippen LogP contribution in [-0.2, 0) is 40.7 Å². The summed E-state index contributed by atoms with van der Waals surface area (Å²) in [7, 11) is 3.27. The highest BCUT2D eigenvalue weighted by atomic mass is 32.9. The van der Waals surface area contributed by atoms with Crippen molar-refractivity contribution in [3.05, 3.63) is 128 Å². The summed E-state index contributed by atoms with van der Waals surface area (Å²) in [5.74, 6) is 1.41. The second kappa shape index (κ2) is 14.4. The molecule has 3 aliphatic heterocycles. The maximum Gasteiger partial charge on any atom is 0.330 e. The number of aryl methyl sites for hydroxylation is 1. The van der Waals surface area contributed by atoms with Gasteiger partial charge in [0.2, 0.25) is 5.69 Å². The van der Waals surface area contributed by atoms with Crippen molar-refractivity contribution in [1.29, 1.82) is 0 Å². The van der Waals surface area contributed by atoms with Crippen molar-refractivity contribution in [1.82, 2.24) is 9.55 Å². The molecule has 53 heavy (non-hydrogen) atoms. The molecule has 0 radical (unpaired) electrons. The first-order chi connectivity index (χ1) is 25.6. The van der Waals surface area contributed by atoms with Gasteiger partial charge in [0.15, 0.2) is 6.23 Å². The van der Waals surface area contributed by atoms with Crippen LogP contribution in [0.1, 0.15) is 60.6 Å². The number of benzene rings is 3. The standard InChI is InChI=1S/C39H43N2O9PS2/c1-26-22-41(36(43)40-34(26)42)35-32-33(50-51(52)48-23-37(53-51)20-8-5-9-21-37)38(49-35,24-46-32)25-47-39(27-10-6-4-7-11-27,28-12-16-30(44-2)17-13-28)29-14-18-31(45-3)19-15-29/h4,6-7,10-19,22,32-33,35H,5,8-9,20-21,23-25H2,1-3H3,(H,40,42,43)/t32-,33+,35-,38-,51?/m1/s1. The van der Waals surface area contributed by atoms with Crippen molar-refractivity contribution in [3.8, 4) is 11.5 Å². The van der Waals surface area contributed by atoms with E-state index in [1.807, 2.05) is 78.9 Å². The van der Waals surface area contributed by atoms with Crippen LogP contribution in [0.15, 0.2) is 94.6 Å². The molecule has 4 aromatic rings. The molecule has 0 amide bonds. The molecule has 14 heteroatoms. The molecule has 1 saturated carbocycles. The molecular weight excluding hydrogens is 736 g/mol. The van der Waals surface area contributed by atoms with Crippen LogP contribution in [0.3, 0.4) is 0 Å². The zero-order valence-electron chi connectivity index (χ0n) is 29.9. The van der Waals surface area contributed by atoms with E-state index in [1.54, 1.807) is 32.5 Å². The number of aromatic nitrogens is 2. The van der Waals surface area contributed by atoms with Crippen molar-refractivity contribution >= 4 is 28.9 Å². The highest BCUT2D eigenvalue weighted by Crippen LogP contribution is 2.75. The van der Waals surface area contributed by atoms with Crippen LogP contribution in [0.5, 0.6) is 11.5 Å². The summed E-state index contributed by atoms with van der Waals surface area (Å²) in [6.45, 7) is 2.30. The lowest BCUT2D eigenvalue weighted by atomic mass is 9.79. The average molecular weight is 779 g/mol. The van der Waals surface area contributed by atoms with Crippen LogP contribution >= 0.6 is 17.1 Å². The van der Waals surface area contributed by atoms with Crippen molar-refractivity contribution in [3.63, 3.8) is 0 Å². The Morgan fingerprint density at radius 2 is 1.53 bits per heavy atom. The summed E-state index contributed by atoms with van der Waals surface area (Å²) in [6, 6.07) is 25.6. The molecule has 1 unspecified atom stereocenters. The number of nitrogens with one attached hydrogen (secondary N) is 1. The molecule has 3 saturated heterocycles. The molecule has 8 rings (SSSR count). The molecule has 4 fully saturated rings. The van der Waals surface area contributed by atoms with Gasteiger partial charge in [-0.25, -0.2) is 4.79 Å². The van der Waals surface area contributed by atoms with Crippen molar-refractivity contribution in [2.24, 2.45) is 0 Å². The number of fused-ring (bicyclic) bond motifs is 2. The lowest BCUT2D eigenvalue weighted by Crippen LogP contribution is -2.49. The molecule has 1 N–H and O–H groups in total. The predicted octanol–water partition coefficient (Wildman–Crippen LogP) is 6.61. The van der Waals surface area contributed by atoms with E-state index in [1.165, 1.54) is 17.2 Å². The fourth-order valence-corrected chi connectivity index (χ4v) is 15.1. The zero-order valence-corrected chi connectivity index (χ0v) is 32.4. The van der Waals surface area contributed by atoms with Gasteiger partial charge in [-0.2, -0.15) is 0 Å². The van der Waals surface area contributed by atoms with E-state index in [4.69, 9.17) is 44.5 Å². The first-order valence-corrected chi connectivity index (χ1v) is 21.9. The fourth-order valence-electron chi connectivity index (χ4n) is 8.06. The second-order valence-corrected chi connectivity index (χ2v) is 20.7. The summed E-state index contributed by atoms with van der Waals surface area (Å²) < 4.78 is 46.6. The Kier molecular flexibility index (Phi) is 9.99. The van der Waals surface area contributed by atoms with E-state index in [9.17, 15) is 9.59 Å². The number of ether oxygens (including phenoxy) is 5. The highest BCUT2D eigenvalue weighted by Gasteiger charge is 2.66. The molecule has 2 bridgehead atoms. The number of hydrogen-bond acceptors (Lipinski definition) is 11. The van der Waals surface area contributed by atoms with Crippen molar-refractivity contribution < 1.29 is 32.7 Å².